The third-order valence-corrected chi connectivity index (χ3v) is 3.21. The molecule has 0 radical (unpaired) electrons. The molecule has 1 atom stereocenters. The van der Waals surface area contributed by atoms with Crippen molar-refractivity contribution in [3.05, 3.63) is 46.8 Å². The van der Waals surface area contributed by atoms with Crippen LogP contribution in [0.15, 0.2) is 28.8 Å². The molecule has 6 heteroatoms. The third-order valence-electron chi connectivity index (χ3n) is 3.21. The Morgan fingerprint density at radius 3 is 2.41 bits per heavy atom. The number of carbonyl (C=O) groups excluding carboxylic acids is 2. The molecule has 2 aromatic rings. The van der Waals surface area contributed by atoms with E-state index in [-0.39, 0.29) is 5.76 Å². The highest BCUT2D eigenvalue weighted by molar-refractivity contribution is 5.97. The van der Waals surface area contributed by atoms with Crippen molar-refractivity contribution in [3.63, 3.8) is 0 Å². The summed E-state index contributed by atoms with van der Waals surface area (Å²) >= 11 is 0. The lowest BCUT2D eigenvalue weighted by Crippen LogP contribution is -2.30. The number of aromatic nitrogens is 1. The van der Waals surface area contributed by atoms with Gasteiger partial charge in [0.25, 0.3) is 5.91 Å². The highest BCUT2D eigenvalue weighted by Crippen LogP contribution is 2.20. The zero-order valence-corrected chi connectivity index (χ0v) is 13.0. The Bertz CT molecular complexity index is 686. The van der Waals surface area contributed by atoms with Crippen LogP contribution in [0.1, 0.15) is 34.3 Å². The summed E-state index contributed by atoms with van der Waals surface area (Å²) in [5.41, 5.74) is 3.18. The van der Waals surface area contributed by atoms with E-state index in [1.54, 1.807) is 6.92 Å². The van der Waals surface area contributed by atoms with Crippen LogP contribution in [0.3, 0.4) is 0 Å². The van der Waals surface area contributed by atoms with Crippen LogP contribution in [-0.4, -0.2) is 23.1 Å². The lowest BCUT2D eigenvalue weighted by atomic mass is 10.1. The quantitative estimate of drug-likeness (QED) is 0.878. The van der Waals surface area contributed by atoms with E-state index in [1.165, 1.54) is 13.0 Å². The Balaban J connectivity index is 2.02. The Labute approximate surface area is 128 Å². The molecule has 0 aliphatic rings. The summed E-state index contributed by atoms with van der Waals surface area (Å²) in [6, 6.07) is 7.17. The van der Waals surface area contributed by atoms with Gasteiger partial charge in [0.05, 0.1) is 5.69 Å². The van der Waals surface area contributed by atoms with Gasteiger partial charge in [0.2, 0.25) is 5.76 Å². The van der Waals surface area contributed by atoms with Crippen molar-refractivity contribution in [2.75, 3.05) is 5.32 Å². The van der Waals surface area contributed by atoms with E-state index < -0.39 is 18.0 Å². The summed E-state index contributed by atoms with van der Waals surface area (Å²) in [5.74, 6) is -1.14. The van der Waals surface area contributed by atoms with Crippen molar-refractivity contribution >= 4 is 17.6 Å². The van der Waals surface area contributed by atoms with Gasteiger partial charge in [0, 0.05) is 11.8 Å². The average molecular weight is 302 g/mol. The second-order valence-corrected chi connectivity index (χ2v) is 5.14. The minimum Gasteiger partial charge on any atom is -0.447 e. The van der Waals surface area contributed by atoms with Crippen LogP contribution in [0, 0.1) is 20.8 Å². The topological polar surface area (TPSA) is 81.4 Å². The van der Waals surface area contributed by atoms with Crippen LogP contribution < -0.4 is 5.32 Å². The van der Waals surface area contributed by atoms with Gasteiger partial charge in [-0.3, -0.25) is 4.79 Å². The Morgan fingerprint density at radius 2 is 1.86 bits per heavy atom. The average Bonchev–Trinajstić information content (AvgIpc) is 2.89. The van der Waals surface area contributed by atoms with Gasteiger partial charge in [-0.25, -0.2) is 4.79 Å². The molecular formula is C16H18N2O4. The van der Waals surface area contributed by atoms with E-state index in [0.717, 1.165) is 16.8 Å². The molecule has 6 nitrogen and oxygen atoms in total. The minimum absolute atomic E-state index is 0.0239. The molecule has 22 heavy (non-hydrogen) atoms. The van der Waals surface area contributed by atoms with Crippen LogP contribution in [-0.2, 0) is 9.53 Å². The fourth-order valence-electron chi connectivity index (χ4n) is 1.97. The van der Waals surface area contributed by atoms with Gasteiger partial charge in [0.15, 0.2) is 6.10 Å². The number of para-hydroxylation sites is 1. The smallest absolute Gasteiger partial charge is 0.377 e. The molecule has 1 aromatic carbocycles. The number of aryl methyl sites for hydroxylation is 3. The molecule has 116 valence electrons. The van der Waals surface area contributed by atoms with E-state index in [1.807, 2.05) is 32.0 Å². The summed E-state index contributed by atoms with van der Waals surface area (Å²) in [4.78, 5) is 24.0. The van der Waals surface area contributed by atoms with Crippen molar-refractivity contribution in [1.29, 1.82) is 0 Å². The fourth-order valence-corrected chi connectivity index (χ4v) is 1.97. The minimum atomic E-state index is -0.947. The number of hydrogen-bond acceptors (Lipinski definition) is 5. The molecule has 0 spiro atoms. The van der Waals surface area contributed by atoms with Crippen molar-refractivity contribution in [2.45, 2.75) is 33.8 Å². The molecule has 1 amide bonds. The number of amides is 1. The Kier molecular flexibility index (Phi) is 4.60. The third kappa shape index (κ3) is 3.52. The SMILES string of the molecule is Cc1cc(C(=O)O[C@H](C)C(=O)Nc2c(C)cccc2C)on1. The summed E-state index contributed by atoms with van der Waals surface area (Å²) in [7, 11) is 0. The summed E-state index contributed by atoms with van der Waals surface area (Å²) in [6.07, 6.45) is -0.947. The lowest BCUT2D eigenvalue weighted by Gasteiger charge is -2.15. The number of rotatable bonds is 4. The molecule has 0 aliphatic heterocycles. The normalized spacial score (nSPS) is 11.8. The second kappa shape index (κ2) is 6.43. The first-order valence-electron chi connectivity index (χ1n) is 6.90. The number of ether oxygens (including phenoxy) is 1. The highest BCUT2D eigenvalue weighted by atomic mass is 16.6. The number of carbonyl (C=O) groups is 2. The molecule has 0 aliphatic carbocycles. The fraction of sp³-hybridized carbons (Fsp3) is 0.312. The van der Waals surface area contributed by atoms with Crippen LogP contribution >= 0.6 is 0 Å². The van der Waals surface area contributed by atoms with E-state index in [2.05, 4.69) is 10.5 Å². The first-order valence-corrected chi connectivity index (χ1v) is 6.90. The number of benzene rings is 1. The van der Waals surface area contributed by atoms with Crippen LogP contribution in [0.25, 0.3) is 0 Å². The molecule has 1 N–H and O–H groups in total. The van der Waals surface area contributed by atoms with Gasteiger partial charge in [-0.2, -0.15) is 0 Å². The molecule has 2 rings (SSSR count). The summed E-state index contributed by atoms with van der Waals surface area (Å²) in [6.45, 7) is 6.99. The van der Waals surface area contributed by atoms with Gasteiger partial charge in [-0.05, 0) is 38.8 Å². The number of nitrogens with one attached hydrogen (secondary N) is 1. The molecule has 0 saturated carbocycles. The standard InChI is InChI=1S/C16H18N2O4/c1-9-6-5-7-10(2)14(9)17-15(19)12(4)21-16(20)13-8-11(3)18-22-13/h5-8,12H,1-4H3,(H,17,19)/t12-/m1/s1. The van der Waals surface area contributed by atoms with Crippen molar-refractivity contribution in [2.24, 2.45) is 0 Å². The maximum Gasteiger partial charge on any atom is 0.377 e. The monoisotopic (exact) mass is 302 g/mol. The highest BCUT2D eigenvalue weighted by Gasteiger charge is 2.22. The van der Waals surface area contributed by atoms with Crippen LogP contribution in [0.4, 0.5) is 5.69 Å². The van der Waals surface area contributed by atoms with Gasteiger partial charge in [0.1, 0.15) is 0 Å². The predicted molar refractivity (Wildman–Crippen MR) is 80.7 cm³/mol. The maximum atomic E-state index is 12.2. The molecule has 1 heterocycles. The summed E-state index contributed by atoms with van der Waals surface area (Å²) < 4.78 is 9.89. The first-order chi connectivity index (χ1) is 10.4. The van der Waals surface area contributed by atoms with Gasteiger partial charge < -0.3 is 14.6 Å². The molecule has 0 fully saturated rings. The van der Waals surface area contributed by atoms with E-state index >= 15 is 0 Å². The van der Waals surface area contributed by atoms with E-state index in [0.29, 0.717) is 5.69 Å². The number of anilines is 1. The molecule has 0 unspecified atom stereocenters. The predicted octanol–water partition coefficient (Wildman–Crippen LogP) is 2.78. The van der Waals surface area contributed by atoms with E-state index in [9.17, 15) is 9.59 Å². The largest absolute Gasteiger partial charge is 0.447 e. The number of nitrogens with zero attached hydrogens (tertiary/aromatic N) is 1. The molecule has 0 bridgehead atoms. The van der Waals surface area contributed by atoms with Gasteiger partial charge in [-0.15, -0.1) is 0 Å². The van der Waals surface area contributed by atoms with E-state index in [4.69, 9.17) is 9.26 Å². The maximum absolute atomic E-state index is 12.2. The lowest BCUT2D eigenvalue weighted by molar-refractivity contribution is -0.123. The molecule has 0 saturated heterocycles. The summed E-state index contributed by atoms with van der Waals surface area (Å²) in [5, 5.41) is 6.38. The van der Waals surface area contributed by atoms with Crippen molar-refractivity contribution < 1.29 is 18.8 Å². The number of esters is 1. The zero-order chi connectivity index (χ0) is 16.3. The van der Waals surface area contributed by atoms with Crippen molar-refractivity contribution in [1.82, 2.24) is 5.16 Å². The molecular weight excluding hydrogens is 284 g/mol. The Morgan fingerprint density at radius 1 is 1.23 bits per heavy atom. The van der Waals surface area contributed by atoms with Crippen molar-refractivity contribution in [3.8, 4) is 0 Å². The number of hydrogen-bond donors (Lipinski definition) is 1. The zero-order valence-electron chi connectivity index (χ0n) is 13.0. The first kappa shape index (κ1) is 15.8. The van der Waals surface area contributed by atoms with Gasteiger partial charge >= 0.3 is 5.97 Å². The van der Waals surface area contributed by atoms with Gasteiger partial charge in [-0.1, -0.05) is 23.4 Å². The van der Waals surface area contributed by atoms with Crippen LogP contribution in [0.5, 0.6) is 0 Å². The Hall–Kier alpha value is -2.63. The molecule has 1 aromatic heterocycles. The second-order valence-electron chi connectivity index (χ2n) is 5.14. The van der Waals surface area contributed by atoms with Crippen LogP contribution in [0.2, 0.25) is 0 Å².